The van der Waals surface area contributed by atoms with Crippen molar-refractivity contribution in [1.29, 1.82) is 0 Å². The first-order valence-electron chi connectivity index (χ1n) is 14.5. The number of carboxylic acid groups (broad SMARTS) is 2. The Morgan fingerprint density at radius 2 is 0.760 bits per heavy atom. The monoisotopic (exact) mass is 778 g/mol. The van der Waals surface area contributed by atoms with Crippen LogP contribution in [-0.2, 0) is 20.1 Å². The lowest BCUT2D eigenvalue weighted by Gasteiger charge is -2.21. The Hall–Kier alpha value is -4.33. The maximum absolute atomic E-state index is 11.5. The number of carbonyl (C=O) groups excluding carboxylic acids is 2. The minimum absolute atomic E-state index is 0.163. The predicted octanol–water partition coefficient (Wildman–Crippen LogP) is 6.71. The third-order valence-electron chi connectivity index (χ3n) is 8.82. The third kappa shape index (κ3) is 6.38. The topological polar surface area (TPSA) is 163 Å². The zero-order valence-corrected chi connectivity index (χ0v) is 29.1. The van der Waals surface area contributed by atoms with Crippen molar-refractivity contribution in [2.75, 3.05) is 26.4 Å². The van der Waals surface area contributed by atoms with Gasteiger partial charge in [0, 0.05) is 54.7 Å². The largest absolute Gasteiger partial charge is 0.492 e. The summed E-state index contributed by atoms with van der Waals surface area (Å²) in [7, 11) is 7.36. The average Bonchev–Trinajstić information content (AvgIpc) is 3.85. The van der Waals surface area contributed by atoms with Crippen LogP contribution in [0.3, 0.4) is 0 Å². The Balaban J connectivity index is 0.000000156. The Labute approximate surface area is 305 Å². The smallest absolute Gasteiger partial charge is 0.335 e. The maximum atomic E-state index is 11.5. The van der Waals surface area contributed by atoms with Crippen molar-refractivity contribution < 1.29 is 52.5 Å². The molecular weight excluding hydrogens is 758 g/mol. The van der Waals surface area contributed by atoms with Crippen LogP contribution in [0.2, 0.25) is 0 Å². The Kier molecular flexibility index (Phi) is 9.77. The number of ether oxygens (including phenoxy) is 4. The van der Waals surface area contributed by atoms with E-state index in [9.17, 15) is 29.4 Å². The molecule has 0 amide bonds. The van der Waals surface area contributed by atoms with Gasteiger partial charge in [-0.25, -0.2) is 13.8 Å². The molecule has 4 aliphatic heterocycles. The van der Waals surface area contributed by atoms with Gasteiger partial charge >= 0.3 is 11.9 Å². The highest BCUT2D eigenvalue weighted by Gasteiger charge is 2.50. The number of carboxylic acids is 2. The molecule has 258 valence electrons. The molecule has 4 aromatic carbocycles. The molecule has 0 saturated heterocycles. The standard InChI is InChI=1S/C17H10Cl2O4.C17H12O6.Cl2OS/c18-15(20)9-1-3-13-11(5-9)17(7-22-13)8-23-14-4-2-10(16(19)21)6-12(14)17;18-15(19)9-1-3-13-11(5-9)17(7-22-13)8-23-14-4-2-10(16(20)21)6-12(14)17;1-4(2)3/h1-6H,7-8H2;1-6H,7-8H2,(H,18,19)(H,20,21);. The summed E-state index contributed by atoms with van der Waals surface area (Å²) in [6.45, 7) is 1.33. The van der Waals surface area contributed by atoms with Crippen molar-refractivity contribution in [1.82, 2.24) is 0 Å². The van der Waals surface area contributed by atoms with Crippen LogP contribution in [0.4, 0.5) is 0 Å². The Bertz CT molecular complexity index is 1830. The lowest BCUT2D eigenvalue weighted by Crippen LogP contribution is -2.31. The van der Waals surface area contributed by atoms with Crippen LogP contribution in [-0.4, -0.2) is 63.3 Å². The molecule has 0 atom stereocenters. The van der Waals surface area contributed by atoms with Crippen LogP contribution in [0, 0.1) is 0 Å². The van der Waals surface area contributed by atoms with Gasteiger partial charge < -0.3 is 29.2 Å². The molecule has 4 aromatic rings. The molecule has 11 nitrogen and oxygen atoms in total. The quantitative estimate of drug-likeness (QED) is 0.212. The molecule has 50 heavy (non-hydrogen) atoms. The van der Waals surface area contributed by atoms with Gasteiger partial charge in [0.15, 0.2) is 0 Å². The zero-order chi connectivity index (χ0) is 36.0. The molecule has 0 radical (unpaired) electrons. The maximum Gasteiger partial charge on any atom is 0.335 e. The van der Waals surface area contributed by atoms with Gasteiger partial charge in [0.2, 0.25) is 9.23 Å². The summed E-state index contributed by atoms with van der Waals surface area (Å²) in [5.41, 5.74) is 3.01. The summed E-state index contributed by atoms with van der Waals surface area (Å²) in [4.78, 5) is 45.4. The van der Waals surface area contributed by atoms with E-state index in [-0.39, 0.29) is 11.1 Å². The van der Waals surface area contributed by atoms with Gasteiger partial charge in [-0.1, -0.05) is 0 Å². The minimum atomic E-state index is -1.67. The van der Waals surface area contributed by atoms with E-state index in [4.69, 9.17) is 46.4 Å². The van der Waals surface area contributed by atoms with Gasteiger partial charge in [0.1, 0.15) is 49.4 Å². The highest BCUT2D eigenvalue weighted by Crippen LogP contribution is 2.52. The summed E-state index contributed by atoms with van der Waals surface area (Å²) in [5.74, 6) is 0.539. The normalized spacial score (nSPS) is 15.8. The summed E-state index contributed by atoms with van der Waals surface area (Å²) < 4.78 is 32.1. The van der Waals surface area contributed by atoms with Crippen molar-refractivity contribution in [3.05, 3.63) is 117 Å². The minimum Gasteiger partial charge on any atom is -0.492 e. The fraction of sp³-hybridized carbons (Fsp3) is 0.176. The molecular formula is C34H22Cl4O11S. The van der Waals surface area contributed by atoms with E-state index >= 15 is 0 Å². The van der Waals surface area contributed by atoms with Gasteiger partial charge in [-0.15, -0.1) is 0 Å². The van der Waals surface area contributed by atoms with Crippen LogP contribution in [0.5, 0.6) is 23.0 Å². The number of carbonyl (C=O) groups is 4. The number of hydrogen-bond donors (Lipinski definition) is 2. The molecule has 2 N–H and O–H groups in total. The average molecular weight is 780 g/mol. The first-order chi connectivity index (χ1) is 23.8. The first kappa shape index (κ1) is 35.5. The molecule has 0 aliphatic carbocycles. The van der Waals surface area contributed by atoms with E-state index in [1.165, 1.54) is 12.1 Å². The van der Waals surface area contributed by atoms with Crippen LogP contribution in [0.1, 0.15) is 63.7 Å². The SMILES string of the molecule is O=C(Cl)c1ccc2c(c1)C1(CO2)COc2ccc(C(=O)Cl)cc21.O=C(O)c1ccc2c(c1)C1(CO2)COc2ccc(C(=O)O)cc21.O=S(Cl)Cl. The highest BCUT2D eigenvalue weighted by atomic mass is 36.0. The number of hydrogen-bond acceptors (Lipinski definition) is 9. The van der Waals surface area contributed by atoms with Gasteiger partial charge in [-0.05, 0) is 96.0 Å². The number of rotatable bonds is 4. The van der Waals surface area contributed by atoms with Gasteiger partial charge in [0.25, 0.3) is 10.5 Å². The third-order valence-corrected chi connectivity index (χ3v) is 9.26. The van der Waals surface area contributed by atoms with E-state index in [0.29, 0.717) is 60.6 Å². The van der Waals surface area contributed by atoms with Crippen molar-refractivity contribution in [3.63, 3.8) is 0 Å². The van der Waals surface area contributed by atoms with E-state index in [0.717, 1.165) is 22.3 Å². The molecule has 0 unspecified atom stereocenters. The van der Waals surface area contributed by atoms with Crippen molar-refractivity contribution in [2.24, 2.45) is 0 Å². The zero-order valence-electron chi connectivity index (χ0n) is 25.2. The Morgan fingerprint density at radius 1 is 0.520 bits per heavy atom. The highest BCUT2D eigenvalue weighted by molar-refractivity contribution is 8.26. The van der Waals surface area contributed by atoms with Gasteiger partial charge in [-0.2, -0.15) is 0 Å². The number of halogens is 4. The second kappa shape index (κ2) is 13.8. The van der Waals surface area contributed by atoms with Crippen LogP contribution < -0.4 is 18.9 Å². The van der Waals surface area contributed by atoms with E-state index < -0.39 is 42.5 Å². The van der Waals surface area contributed by atoms with E-state index in [2.05, 4.69) is 21.4 Å². The Morgan fingerprint density at radius 3 is 1.00 bits per heavy atom. The molecule has 0 saturated carbocycles. The number of aromatic carboxylic acids is 2. The van der Waals surface area contributed by atoms with Crippen LogP contribution >= 0.6 is 44.6 Å². The molecule has 0 fully saturated rings. The van der Waals surface area contributed by atoms with E-state index in [1.54, 1.807) is 60.7 Å². The second-order valence-electron chi connectivity index (χ2n) is 11.5. The molecule has 4 aliphatic rings. The lowest BCUT2D eigenvalue weighted by molar-refractivity contribution is 0.0686. The fourth-order valence-corrected chi connectivity index (χ4v) is 6.66. The molecule has 4 heterocycles. The fourth-order valence-electron chi connectivity index (χ4n) is 6.43. The number of fused-ring (bicyclic) bond motifs is 8. The lowest BCUT2D eigenvalue weighted by atomic mass is 9.77. The van der Waals surface area contributed by atoms with Gasteiger partial charge in [-0.3, -0.25) is 9.59 Å². The summed E-state index contributed by atoms with van der Waals surface area (Å²) in [6, 6.07) is 19.6. The van der Waals surface area contributed by atoms with Crippen LogP contribution in [0.25, 0.3) is 0 Å². The van der Waals surface area contributed by atoms with Crippen molar-refractivity contribution in [3.8, 4) is 23.0 Å². The van der Waals surface area contributed by atoms with Crippen LogP contribution in [0.15, 0.2) is 72.8 Å². The summed E-state index contributed by atoms with van der Waals surface area (Å²) >= 11 is 11.2. The molecule has 16 heteroatoms. The molecule has 8 rings (SSSR count). The molecule has 0 aromatic heterocycles. The number of benzene rings is 4. The van der Waals surface area contributed by atoms with Gasteiger partial charge in [0.05, 0.1) is 22.0 Å². The molecule has 0 bridgehead atoms. The molecule has 2 spiro atoms. The first-order valence-corrected chi connectivity index (χ1v) is 18.0. The summed E-state index contributed by atoms with van der Waals surface area (Å²) in [5, 5.41) is 17.4. The summed E-state index contributed by atoms with van der Waals surface area (Å²) in [6.07, 6.45) is 0. The second-order valence-corrected chi connectivity index (χ2v) is 14.7. The van der Waals surface area contributed by atoms with Crippen molar-refractivity contribution >= 4 is 76.2 Å². The van der Waals surface area contributed by atoms with E-state index in [1.807, 2.05) is 0 Å². The predicted molar refractivity (Wildman–Crippen MR) is 183 cm³/mol. The van der Waals surface area contributed by atoms with Crippen molar-refractivity contribution in [2.45, 2.75) is 10.8 Å².